The molecule has 5 heteroatoms. The molecule has 0 radical (unpaired) electrons. The number of hydrogen-bond acceptors (Lipinski definition) is 4. The lowest BCUT2D eigenvalue weighted by molar-refractivity contribution is 0.103. The van der Waals surface area contributed by atoms with Crippen LogP contribution in [0.15, 0.2) is 33.4 Å². The molecule has 0 bridgehead atoms. The number of benzene rings is 1. The lowest BCUT2D eigenvalue weighted by atomic mass is 10.1. The normalized spacial score (nSPS) is 10.3. The molecule has 106 valence electrons. The van der Waals surface area contributed by atoms with Crippen molar-refractivity contribution in [2.45, 2.75) is 13.8 Å². The zero-order chi connectivity index (χ0) is 14.5. The van der Waals surface area contributed by atoms with Crippen LogP contribution in [0.5, 0.6) is 11.5 Å². The highest BCUT2D eigenvalue weighted by Gasteiger charge is 2.14. The van der Waals surface area contributed by atoms with Crippen molar-refractivity contribution in [3.63, 3.8) is 0 Å². The summed E-state index contributed by atoms with van der Waals surface area (Å²) in [5.74, 6) is 1.25. The molecule has 2 rings (SSSR count). The predicted molar refractivity (Wildman–Crippen MR) is 84.2 cm³/mol. The quantitative estimate of drug-likeness (QED) is 0.714. The molecule has 0 amide bonds. The van der Waals surface area contributed by atoms with E-state index < -0.39 is 0 Å². The number of hydrogen-bond donors (Lipinski definition) is 0. The average Bonchev–Trinajstić information content (AvgIpc) is 2.87. The first kappa shape index (κ1) is 15.1. The Morgan fingerprint density at radius 3 is 2.40 bits per heavy atom. The summed E-state index contributed by atoms with van der Waals surface area (Å²) >= 11 is 4.86. The van der Waals surface area contributed by atoms with Gasteiger partial charge in [0.25, 0.3) is 0 Å². The molecular formula is C15H15BrO3S. The van der Waals surface area contributed by atoms with Crippen LogP contribution in [0.4, 0.5) is 0 Å². The number of halogens is 1. The summed E-state index contributed by atoms with van der Waals surface area (Å²) in [7, 11) is 0. The highest BCUT2D eigenvalue weighted by atomic mass is 79.9. The average molecular weight is 355 g/mol. The molecule has 0 N–H and O–H groups in total. The van der Waals surface area contributed by atoms with Gasteiger partial charge in [-0.1, -0.05) is 0 Å². The maximum absolute atomic E-state index is 12.4. The van der Waals surface area contributed by atoms with Crippen LogP contribution >= 0.6 is 27.3 Å². The van der Waals surface area contributed by atoms with Gasteiger partial charge in [-0.05, 0) is 54.0 Å². The highest BCUT2D eigenvalue weighted by molar-refractivity contribution is 9.11. The Balaban J connectivity index is 2.32. The Morgan fingerprint density at radius 2 is 1.80 bits per heavy atom. The van der Waals surface area contributed by atoms with Crippen molar-refractivity contribution in [1.82, 2.24) is 0 Å². The van der Waals surface area contributed by atoms with Crippen molar-refractivity contribution in [2.24, 2.45) is 0 Å². The molecule has 1 aromatic carbocycles. The summed E-state index contributed by atoms with van der Waals surface area (Å²) in [6.07, 6.45) is 0. The minimum atomic E-state index is -0.0176. The van der Waals surface area contributed by atoms with Crippen LogP contribution in [-0.2, 0) is 0 Å². The zero-order valence-corrected chi connectivity index (χ0v) is 13.7. The van der Waals surface area contributed by atoms with Gasteiger partial charge in [-0.15, -0.1) is 11.3 Å². The van der Waals surface area contributed by atoms with Crippen LogP contribution < -0.4 is 9.47 Å². The monoisotopic (exact) mass is 354 g/mol. The lowest BCUT2D eigenvalue weighted by Crippen LogP contribution is -2.03. The van der Waals surface area contributed by atoms with E-state index in [0.29, 0.717) is 35.8 Å². The molecular weight excluding hydrogens is 340 g/mol. The van der Waals surface area contributed by atoms with Gasteiger partial charge in [0.1, 0.15) is 0 Å². The smallest absolute Gasteiger partial charge is 0.194 e. The summed E-state index contributed by atoms with van der Waals surface area (Å²) < 4.78 is 12.0. The SMILES string of the molecule is CCOc1ccc(C(=O)c2csc(Br)c2)cc1OCC. The fourth-order valence-corrected chi connectivity index (χ4v) is 2.92. The van der Waals surface area contributed by atoms with Gasteiger partial charge in [0.05, 0.1) is 17.0 Å². The van der Waals surface area contributed by atoms with Crippen LogP contribution in [0.25, 0.3) is 0 Å². The first-order valence-corrected chi connectivity index (χ1v) is 8.01. The molecule has 20 heavy (non-hydrogen) atoms. The molecule has 1 heterocycles. The molecule has 0 fully saturated rings. The Kier molecular flexibility index (Phi) is 5.20. The van der Waals surface area contributed by atoms with Gasteiger partial charge in [0.15, 0.2) is 17.3 Å². The molecule has 0 spiro atoms. The maximum atomic E-state index is 12.4. The van der Waals surface area contributed by atoms with Crippen molar-refractivity contribution in [1.29, 1.82) is 0 Å². The fraction of sp³-hybridized carbons (Fsp3) is 0.267. The van der Waals surface area contributed by atoms with E-state index in [1.807, 2.05) is 25.3 Å². The van der Waals surface area contributed by atoms with Crippen LogP contribution in [0.3, 0.4) is 0 Å². The molecule has 2 aromatic rings. The number of carbonyl (C=O) groups excluding carboxylic acids is 1. The Labute approximate surface area is 130 Å². The summed E-state index contributed by atoms with van der Waals surface area (Å²) in [4.78, 5) is 12.4. The first-order chi connectivity index (χ1) is 9.65. The third-order valence-corrected chi connectivity index (χ3v) is 4.14. The van der Waals surface area contributed by atoms with E-state index in [9.17, 15) is 4.79 Å². The second kappa shape index (κ2) is 6.90. The molecule has 0 unspecified atom stereocenters. The van der Waals surface area contributed by atoms with Gasteiger partial charge in [-0.3, -0.25) is 4.79 Å². The third-order valence-electron chi connectivity index (χ3n) is 2.64. The molecule has 0 atom stereocenters. The number of ether oxygens (including phenoxy) is 2. The van der Waals surface area contributed by atoms with E-state index in [0.717, 1.165) is 3.79 Å². The third kappa shape index (κ3) is 3.41. The van der Waals surface area contributed by atoms with Gasteiger partial charge in [0, 0.05) is 16.5 Å². The van der Waals surface area contributed by atoms with Crippen molar-refractivity contribution in [3.05, 3.63) is 44.6 Å². The van der Waals surface area contributed by atoms with Crippen molar-refractivity contribution in [3.8, 4) is 11.5 Å². The summed E-state index contributed by atoms with van der Waals surface area (Å²) in [6.45, 7) is 4.91. The fourth-order valence-electron chi connectivity index (χ4n) is 1.79. The largest absolute Gasteiger partial charge is 0.490 e. The number of carbonyl (C=O) groups is 1. The number of thiophene rings is 1. The first-order valence-electron chi connectivity index (χ1n) is 6.34. The highest BCUT2D eigenvalue weighted by Crippen LogP contribution is 2.30. The second-order valence-electron chi connectivity index (χ2n) is 4.00. The van der Waals surface area contributed by atoms with Crippen LogP contribution in [0.2, 0.25) is 0 Å². The van der Waals surface area contributed by atoms with Crippen molar-refractivity contribution >= 4 is 33.0 Å². The van der Waals surface area contributed by atoms with Crippen molar-refractivity contribution in [2.75, 3.05) is 13.2 Å². The molecule has 0 aliphatic carbocycles. The zero-order valence-electron chi connectivity index (χ0n) is 11.3. The van der Waals surface area contributed by atoms with Crippen LogP contribution in [0, 0.1) is 0 Å². The van der Waals surface area contributed by atoms with Gasteiger partial charge in [-0.25, -0.2) is 0 Å². The summed E-state index contributed by atoms with van der Waals surface area (Å²) in [5, 5.41) is 1.84. The van der Waals surface area contributed by atoms with Crippen LogP contribution in [-0.4, -0.2) is 19.0 Å². The standard InChI is InChI=1S/C15H15BrO3S/c1-3-18-12-6-5-10(7-13(12)19-4-2)15(17)11-8-14(16)20-9-11/h5-9H,3-4H2,1-2H3. The van der Waals surface area contributed by atoms with E-state index in [-0.39, 0.29) is 5.78 Å². The summed E-state index contributed by atoms with van der Waals surface area (Å²) in [6, 6.07) is 7.11. The molecule has 0 aliphatic heterocycles. The van der Waals surface area contributed by atoms with E-state index >= 15 is 0 Å². The van der Waals surface area contributed by atoms with E-state index in [1.165, 1.54) is 11.3 Å². The van der Waals surface area contributed by atoms with Crippen LogP contribution in [0.1, 0.15) is 29.8 Å². The molecule has 0 saturated heterocycles. The van der Waals surface area contributed by atoms with Crippen molar-refractivity contribution < 1.29 is 14.3 Å². The minimum absolute atomic E-state index is 0.0176. The minimum Gasteiger partial charge on any atom is -0.490 e. The Hall–Kier alpha value is -1.33. The molecule has 0 saturated carbocycles. The number of rotatable bonds is 6. The summed E-state index contributed by atoms with van der Waals surface area (Å²) in [5.41, 5.74) is 1.27. The maximum Gasteiger partial charge on any atom is 0.194 e. The topological polar surface area (TPSA) is 35.5 Å². The molecule has 1 aromatic heterocycles. The second-order valence-corrected chi connectivity index (χ2v) is 6.29. The molecule has 0 aliphatic rings. The van der Waals surface area contributed by atoms with E-state index in [1.54, 1.807) is 18.2 Å². The Morgan fingerprint density at radius 1 is 1.10 bits per heavy atom. The van der Waals surface area contributed by atoms with Gasteiger partial charge in [-0.2, -0.15) is 0 Å². The van der Waals surface area contributed by atoms with E-state index in [2.05, 4.69) is 15.9 Å². The van der Waals surface area contributed by atoms with Gasteiger partial charge >= 0.3 is 0 Å². The Bertz CT molecular complexity index is 607. The lowest BCUT2D eigenvalue weighted by Gasteiger charge is -2.11. The predicted octanol–water partition coefficient (Wildman–Crippen LogP) is 4.54. The molecule has 3 nitrogen and oxygen atoms in total. The van der Waals surface area contributed by atoms with E-state index in [4.69, 9.17) is 9.47 Å². The van der Waals surface area contributed by atoms with Gasteiger partial charge in [0.2, 0.25) is 0 Å². The van der Waals surface area contributed by atoms with Gasteiger partial charge < -0.3 is 9.47 Å². The number of ketones is 1.